The van der Waals surface area contributed by atoms with Gasteiger partial charge in [-0.25, -0.2) is 4.79 Å². The summed E-state index contributed by atoms with van der Waals surface area (Å²) >= 11 is 0. The minimum Gasteiger partial charge on any atom is -0.348 e. The fraction of sp³-hybridized carbons (Fsp3) is 0.786. The molecule has 2 saturated heterocycles. The quantitative estimate of drug-likeness (QED) is 0.828. The van der Waals surface area contributed by atoms with E-state index >= 15 is 0 Å². The van der Waals surface area contributed by atoms with Crippen LogP contribution in [0.15, 0.2) is 0 Å². The minimum absolute atomic E-state index is 0.0450. The number of carbonyl (C=O) groups excluding carboxylic acids is 2. The van der Waals surface area contributed by atoms with Crippen molar-refractivity contribution in [2.24, 2.45) is 13.0 Å². The lowest BCUT2D eigenvalue weighted by Gasteiger charge is -2.34. The molecule has 0 spiro atoms. The molecule has 9 nitrogen and oxygen atoms in total. The molecule has 3 heterocycles. The molecule has 2 fully saturated rings. The van der Waals surface area contributed by atoms with Crippen molar-refractivity contribution in [3.05, 3.63) is 5.82 Å². The van der Waals surface area contributed by atoms with Gasteiger partial charge in [-0.2, -0.15) is 4.80 Å². The van der Waals surface area contributed by atoms with Crippen LogP contribution >= 0.6 is 0 Å². The van der Waals surface area contributed by atoms with Gasteiger partial charge >= 0.3 is 6.03 Å². The Kier molecular flexibility index (Phi) is 4.73. The number of aryl methyl sites for hydroxylation is 1. The van der Waals surface area contributed by atoms with Crippen molar-refractivity contribution in [1.82, 2.24) is 35.3 Å². The van der Waals surface area contributed by atoms with Crippen LogP contribution in [0.4, 0.5) is 4.79 Å². The third-order valence-corrected chi connectivity index (χ3v) is 4.41. The molecule has 1 aromatic rings. The lowest BCUT2D eigenvalue weighted by Crippen LogP contribution is -2.49. The van der Waals surface area contributed by atoms with Crippen LogP contribution < -0.4 is 5.32 Å². The van der Waals surface area contributed by atoms with Gasteiger partial charge in [0, 0.05) is 26.2 Å². The van der Waals surface area contributed by atoms with Crippen LogP contribution in [0, 0.1) is 5.92 Å². The first-order valence-electron chi connectivity index (χ1n) is 8.18. The highest BCUT2D eigenvalue weighted by Gasteiger charge is 2.31. The first kappa shape index (κ1) is 15.7. The number of nitrogens with zero attached hydrogens (tertiary/aromatic N) is 6. The molecule has 23 heavy (non-hydrogen) atoms. The summed E-state index contributed by atoms with van der Waals surface area (Å²) < 4.78 is 0. The fourth-order valence-corrected chi connectivity index (χ4v) is 3.18. The van der Waals surface area contributed by atoms with Gasteiger partial charge in [0.05, 0.1) is 19.5 Å². The molecule has 1 aromatic heterocycles. The molecule has 2 aliphatic heterocycles. The molecular formula is C14H23N7O2. The largest absolute Gasteiger partial charge is 0.348 e. The van der Waals surface area contributed by atoms with Crippen LogP contribution in [0.3, 0.4) is 0 Å². The average molecular weight is 321 g/mol. The summed E-state index contributed by atoms with van der Waals surface area (Å²) in [5.41, 5.74) is 0. The lowest BCUT2D eigenvalue weighted by atomic mass is 9.97. The number of tetrazole rings is 1. The van der Waals surface area contributed by atoms with Gasteiger partial charge in [0.1, 0.15) is 0 Å². The van der Waals surface area contributed by atoms with Crippen LogP contribution in [-0.2, 0) is 18.4 Å². The third-order valence-electron chi connectivity index (χ3n) is 4.41. The number of carbonyl (C=O) groups is 2. The number of amides is 3. The van der Waals surface area contributed by atoms with E-state index in [1.54, 1.807) is 7.05 Å². The molecule has 0 aromatic carbocycles. The second-order valence-electron chi connectivity index (χ2n) is 6.17. The van der Waals surface area contributed by atoms with Crippen LogP contribution in [0.2, 0.25) is 0 Å². The maximum Gasteiger partial charge on any atom is 0.320 e. The van der Waals surface area contributed by atoms with Crippen LogP contribution in [0.1, 0.15) is 31.5 Å². The van der Waals surface area contributed by atoms with Gasteiger partial charge in [0.15, 0.2) is 5.82 Å². The number of rotatable bonds is 3. The molecule has 1 atom stereocenters. The van der Waals surface area contributed by atoms with Crippen LogP contribution in [0.25, 0.3) is 0 Å². The maximum absolute atomic E-state index is 12.4. The third kappa shape index (κ3) is 3.77. The number of likely N-dealkylation sites (tertiary alicyclic amines) is 2. The zero-order valence-corrected chi connectivity index (χ0v) is 13.4. The van der Waals surface area contributed by atoms with E-state index in [1.165, 1.54) is 4.80 Å². The number of nitrogens with one attached hydrogen (secondary N) is 1. The first-order valence-corrected chi connectivity index (χ1v) is 8.18. The molecule has 2 aliphatic rings. The van der Waals surface area contributed by atoms with E-state index in [2.05, 4.69) is 20.7 Å². The predicted molar refractivity (Wildman–Crippen MR) is 81.1 cm³/mol. The second-order valence-corrected chi connectivity index (χ2v) is 6.17. The fourth-order valence-electron chi connectivity index (χ4n) is 3.18. The molecule has 9 heteroatoms. The molecule has 1 N–H and O–H groups in total. The van der Waals surface area contributed by atoms with E-state index in [0.717, 1.165) is 45.3 Å². The van der Waals surface area contributed by atoms with Crippen LogP contribution in [-0.4, -0.2) is 68.1 Å². The molecule has 126 valence electrons. The molecule has 0 radical (unpaired) electrons. The van der Waals surface area contributed by atoms with E-state index < -0.39 is 0 Å². The van der Waals surface area contributed by atoms with E-state index in [-0.39, 0.29) is 24.4 Å². The number of hydrogen-bond acceptors (Lipinski definition) is 5. The Morgan fingerprint density at radius 3 is 2.61 bits per heavy atom. The van der Waals surface area contributed by atoms with Gasteiger partial charge < -0.3 is 15.1 Å². The van der Waals surface area contributed by atoms with Crippen molar-refractivity contribution >= 4 is 11.9 Å². The monoisotopic (exact) mass is 321 g/mol. The Balaban J connectivity index is 1.50. The summed E-state index contributed by atoms with van der Waals surface area (Å²) in [6.45, 7) is 3.18. The second kappa shape index (κ2) is 6.93. The zero-order valence-electron chi connectivity index (χ0n) is 13.4. The molecule has 0 saturated carbocycles. The number of hydrogen-bond donors (Lipinski definition) is 1. The topological polar surface area (TPSA) is 96.2 Å². The van der Waals surface area contributed by atoms with Gasteiger partial charge in [0.2, 0.25) is 5.91 Å². The highest BCUT2D eigenvalue weighted by atomic mass is 16.2. The van der Waals surface area contributed by atoms with Gasteiger partial charge in [-0.05, 0) is 30.9 Å². The van der Waals surface area contributed by atoms with Crippen molar-refractivity contribution in [1.29, 1.82) is 0 Å². The molecular weight excluding hydrogens is 298 g/mol. The summed E-state index contributed by atoms with van der Waals surface area (Å²) in [6, 6.07) is 0.0793. The molecule has 0 aliphatic carbocycles. The van der Waals surface area contributed by atoms with Crippen molar-refractivity contribution < 1.29 is 9.59 Å². The Morgan fingerprint density at radius 2 is 1.91 bits per heavy atom. The summed E-state index contributed by atoms with van der Waals surface area (Å²) in [5.74, 6) is 0.282. The molecule has 0 bridgehead atoms. The highest BCUT2D eigenvalue weighted by Crippen LogP contribution is 2.20. The van der Waals surface area contributed by atoms with Gasteiger partial charge in [-0.1, -0.05) is 0 Å². The zero-order chi connectivity index (χ0) is 16.2. The van der Waals surface area contributed by atoms with Crippen molar-refractivity contribution in [3.8, 4) is 0 Å². The minimum atomic E-state index is -0.160. The maximum atomic E-state index is 12.4. The SMILES string of the molecule is Cn1nnc(CNC(=O)[C@H]2CCCN(C(=O)N3CCCC3)C2)n1. The summed E-state index contributed by atoms with van der Waals surface area (Å²) in [5, 5.41) is 14.5. The van der Waals surface area contributed by atoms with Gasteiger partial charge in [0.25, 0.3) is 0 Å². The Labute approximate surface area is 135 Å². The van der Waals surface area contributed by atoms with Crippen molar-refractivity contribution in [2.75, 3.05) is 26.2 Å². The summed E-state index contributed by atoms with van der Waals surface area (Å²) in [7, 11) is 1.68. The van der Waals surface area contributed by atoms with E-state index in [9.17, 15) is 9.59 Å². The number of aromatic nitrogens is 4. The summed E-state index contributed by atoms with van der Waals surface area (Å²) in [4.78, 5) is 29.8. The average Bonchev–Trinajstić information content (AvgIpc) is 3.23. The van der Waals surface area contributed by atoms with E-state index in [4.69, 9.17) is 0 Å². The smallest absolute Gasteiger partial charge is 0.320 e. The summed E-state index contributed by atoms with van der Waals surface area (Å²) in [6.07, 6.45) is 3.83. The molecule has 0 unspecified atom stereocenters. The Bertz CT molecular complexity index is 567. The number of piperidine rings is 1. The predicted octanol–water partition coefficient (Wildman–Crippen LogP) is -0.246. The standard InChI is InChI=1S/C14H23N7O2/c1-19-17-12(16-18-19)9-15-13(22)11-5-4-8-21(10-11)14(23)20-6-2-3-7-20/h11H,2-10H2,1H3,(H,15,22)/t11-/m0/s1. The van der Waals surface area contributed by atoms with Crippen LogP contribution in [0.5, 0.6) is 0 Å². The highest BCUT2D eigenvalue weighted by molar-refractivity contribution is 5.80. The Morgan fingerprint density at radius 1 is 1.17 bits per heavy atom. The first-order chi connectivity index (χ1) is 11.1. The van der Waals surface area contributed by atoms with Crippen molar-refractivity contribution in [2.45, 2.75) is 32.2 Å². The molecule has 3 rings (SSSR count). The lowest BCUT2D eigenvalue weighted by molar-refractivity contribution is -0.126. The Hall–Kier alpha value is -2.19. The van der Waals surface area contributed by atoms with Crippen molar-refractivity contribution in [3.63, 3.8) is 0 Å². The van der Waals surface area contributed by atoms with Gasteiger partial charge in [-0.15, -0.1) is 10.2 Å². The van der Waals surface area contributed by atoms with E-state index in [0.29, 0.717) is 12.4 Å². The molecule has 3 amide bonds. The number of urea groups is 1. The normalized spacial score (nSPS) is 21.5. The van der Waals surface area contributed by atoms with Gasteiger partial charge in [-0.3, -0.25) is 4.79 Å². The van der Waals surface area contributed by atoms with E-state index in [1.807, 2.05) is 9.80 Å².